The SMILES string of the molecule is C=CCN1CC(C)NC[C@@H]1C.C=CN1CCNC(C)C1.C=CNCC(C)N(C)CCc1cccc(C)c1.CC1CN(CC(=O)N2CC(C)(C)c3ncc(Cc4ccc(F)cc4)cc32)CCN1.CN1CC(C)(C)c2ncc(Cc3ccc(F)cc3)cc21. The highest BCUT2D eigenvalue weighted by Crippen LogP contribution is 2.40. The van der Waals surface area contributed by atoms with Gasteiger partial charge in [0.1, 0.15) is 11.6 Å². The van der Waals surface area contributed by atoms with Gasteiger partial charge in [-0.3, -0.25) is 24.6 Å². The van der Waals surface area contributed by atoms with Gasteiger partial charge in [-0.2, -0.15) is 0 Å². The summed E-state index contributed by atoms with van der Waals surface area (Å²) in [5, 5.41) is 13.4. The molecule has 7 heterocycles. The van der Waals surface area contributed by atoms with Crippen LogP contribution in [0.25, 0.3) is 0 Å². The second-order valence-electron chi connectivity index (χ2n) is 25.8. The van der Waals surface area contributed by atoms with Crippen molar-refractivity contribution in [3.63, 3.8) is 0 Å². The number of piperazine rings is 3. The van der Waals surface area contributed by atoms with Crippen LogP contribution in [0.5, 0.6) is 0 Å². The summed E-state index contributed by atoms with van der Waals surface area (Å²) in [4.78, 5) is 36.0. The molecule has 3 aromatic carbocycles. The number of carbonyl (C=O) groups is 1. The number of fused-ring (bicyclic) bond motifs is 2. The monoisotopic (exact) mass is 1180 g/mol. The Bertz CT molecular complexity index is 2910. The van der Waals surface area contributed by atoms with E-state index in [9.17, 15) is 13.6 Å². The van der Waals surface area contributed by atoms with Gasteiger partial charge in [0.15, 0.2) is 0 Å². The zero-order valence-corrected chi connectivity index (χ0v) is 54.2. The van der Waals surface area contributed by atoms with Crippen LogP contribution in [-0.2, 0) is 34.9 Å². The lowest BCUT2D eigenvalue weighted by molar-refractivity contribution is -0.120. The first kappa shape index (κ1) is 68.8. The smallest absolute Gasteiger partial charge is 0.241 e. The molecule has 0 aliphatic carbocycles. The summed E-state index contributed by atoms with van der Waals surface area (Å²) >= 11 is 0. The summed E-state index contributed by atoms with van der Waals surface area (Å²) in [5.74, 6) is -0.296. The van der Waals surface area contributed by atoms with Gasteiger partial charge in [-0.1, -0.05) is 101 Å². The molecule has 3 saturated heterocycles. The fourth-order valence-corrected chi connectivity index (χ4v) is 11.8. The van der Waals surface area contributed by atoms with E-state index in [0.717, 1.165) is 119 Å². The fourth-order valence-electron chi connectivity index (χ4n) is 11.8. The van der Waals surface area contributed by atoms with Crippen LogP contribution >= 0.6 is 0 Å². The molecule has 0 saturated carbocycles. The summed E-state index contributed by atoms with van der Waals surface area (Å²) in [6.45, 7) is 46.4. The highest BCUT2D eigenvalue weighted by molar-refractivity contribution is 5.97. The molecule has 5 atom stereocenters. The van der Waals surface area contributed by atoms with Crippen molar-refractivity contribution in [3.8, 4) is 0 Å². The first-order valence-electron chi connectivity index (χ1n) is 31.2. The van der Waals surface area contributed by atoms with Gasteiger partial charge >= 0.3 is 0 Å². The average molecular weight is 1180 g/mol. The third kappa shape index (κ3) is 21.2. The van der Waals surface area contributed by atoms with Crippen molar-refractivity contribution in [2.24, 2.45) is 0 Å². The Morgan fingerprint density at radius 3 is 1.87 bits per heavy atom. The molecular formula is C71H104F2N12O. The summed E-state index contributed by atoms with van der Waals surface area (Å²) < 4.78 is 26.1. The number of benzene rings is 3. The van der Waals surface area contributed by atoms with Crippen LogP contribution in [0.1, 0.15) is 107 Å². The van der Waals surface area contributed by atoms with Crippen LogP contribution in [0.4, 0.5) is 20.2 Å². The molecule has 13 nitrogen and oxygen atoms in total. The Morgan fingerprint density at radius 1 is 0.744 bits per heavy atom. The second-order valence-corrected chi connectivity index (χ2v) is 25.8. The molecule has 2 aromatic heterocycles. The number of aryl methyl sites for hydroxylation is 1. The number of amides is 1. The molecule has 4 unspecified atom stereocenters. The van der Waals surface area contributed by atoms with Crippen LogP contribution in [0, 0.1) is 18.6 Å². The highest BCUT2D eigenvalue weighted by atomic mass is 19.1. The lowest BCUT2D eigenvalue weighted by Gasteiger charge is -2.36. The second kappa shape index (κ2) is 33.1. The van der Waals surface area contributed by atoms with Gasteiger partial charge in [-0.15, -0.1) is 6.58 Å². The van der Waals surface area contributed by atoms with Gasteiger partial charge in [-0.25, -0.2) is 8.78 Å². The number of anilines is 2. The maximum absolute atomic E-state index is 13.2. The van der Waals surface area contributed by atoms with Crippen molar-refractivity contribution in [1.29, 1.82) is 0 Å². The molecule has 5 aliphatic heterocycles. The predicted octanol–water partition coefficient (Wildman–Crippen LogP) is 10.1. The number of likely N-dealkylation sites (N-methyl/N-ethyl adjacent to an activating group) is 2. The molecule has 10 rings (SSSR count). The van der Waals surface area contributed by atoms with Crippen LogP contribution in [-0.4, -0.2) is 171 Å². The summed E-state index contributed by atoms with van der Waals surface area (Å²) in [5.41, 5.74) is 11.3. The number of aromatic nitrogens is 2. The number of carbonyl (C=O) groups excluding carboxylic acids is 1. The summed E-state index contributed by atoms with van der Waals surface area (Å²) in [6, 6.07) is 29.1. The summed E-state index contributed by atoms with van der Waals surface area (Å²) in [7, 11) is 4.28. The lowest BCUT2D eigenvalue weighted by Crippen LogP contribution is -2.54. The van der Waals surface area contributed by atoms with E-state index in [-0.39, 0.29) is 28.4 Å². The van der Waals surface area contributed by atoms with E-state index >= 15 is 0 Å². The van der Waals surface area contributed by atoms with Gasteiger partial charge in [0, 0.05) is 146 Å². The van der Waals surface area contributed by atoms with Crippen LogP contribution in [0.15, 0.2) is 136 Å². The predicted molar refractivity (Wildman–Crippen MR) is 356 cm³/mol. The van der Waals surface area contributed by atoms with Gasteiger partial charge in [0.2, 0.25) is 5.91 Å². The first-order valence-corrected chi connectivity index (χ1v) is 31.2. The Hall–Kier alpha value is -6.33. The topological polar surface area (TPSA) is 110 Å². The molecule has 5 aromatic rings. The maximum atomic E-state index is 13.2. The largest absolute Gasteiger partial charge is 0.390 e. The van der Waals surface area contributed by atoms with Crippen molar-refractivity contribution < 1.29 is 13.6 Å². The standard InChI is InChI=1S/C23H29FN4O.C17H19FN2.C15H24N2.C9H18N2.C7H14N2/c1-16-13-27(9-8-25-16)14-21(29)28-15-23(2,3)22-20(28)11-18(12-26-22)10-17-4-6-19(24)7-5-17;1-17(2)11-20(3)15-9-13(10-19-16(15)17)8-12-4-6-14(18)7-5-12;1-5-16-12-14(3)17(4)10-9-15-8-6-7-13(2)11-15;1-4-5-11-7-8(2)10-6-9(11)3;1-3-9-5-4-8-7(2)6-9/h4-7,11-12,16,25H,8-10,13-15H2,1-3H3;4-7,9-10H,8,11H2,1-3H3;5-8,11,14,16H,1,9-10,12H2,2-4H3;4,8-10H,1,5-7H2,2-3H3;3,7-8H,1,4-6H2,2H3/t;;;8?,9-;/m...0./s1. The molecule has 0 bridgehead atoms. The van der Waals surface area contributed by atoms with Crippen LogP contribution in [0.3, 0.4) is 0 Å². The molecule has 5 aliphatic rings. The minimum Gasteiger partial charge on any atom is -0.390 e. The third-order valence-electron chi connectivity index (χ3n) is 16.8. The number of hydrogen-bond donors (Lipinski definition) is 4. The Kier molecular flexibility index (Phi) is 26.5. The number of rotatable bonds is 16. The van der Waals surface area contributed by atoms with E-state index in [1.165, 1.54) is 52.3 Å². The van der Waals surface area contributed by atoms with Gasteiger partial charge in [0.25, 0.3) is 0 Å². The molecule has 468 valence electrons. The Labute approximate surface area is 516 Å². The number of hydrogen-bond acceptors (Lipinski definition) is 12. The van der Waals surface area contributed by atoms with Crippen molar-refractivity contribution in [1.82, 2.24) is 50.8 Å². The van der Waals surface area contributed by atoms with Crippen molar-refractivity contribution in [3.05, 3.63) is 192 Å². The van der Waals surface area contributed by atoms with Crippen molar-refractivity contribution in [2.45, 2.75) is 130 Å². The number of nitrogens with one attached hydrogen (secondary N) is 4. The van der Waals surface area contributed by atoms with Crippen LogP contribution in [0.2, 0.25) is 0 Å². The molecule has 15 heteroatoms. The van der Waals surface area contributed by atoms with E-state index in [1.54, 1.807) is 18.3 Å². The molecule has 1 amide bonds. The van der Waals surface area contributed by atoms with E-state index in [2.05, 4.69) is 190 Å². The van der Waals surface area contributed by atoms with E-state index < -0.39 is 0 Å². The highest BCUT2D eigenvalue weighted by Gasteiger charge is 2.40. The van der Waals surface area contributed by atoms with E-state index in [1.807, 2.05) is 41.7 Å². The lowest BCUT2D eigenvalue weighted by atomic mass is 9.91. The minimum atomic E-state index is -0.235. The molecule has 0 spiro atoms. The Balaban J connectivity index is 0.000000183. The van der Waals surface area contributed by atoms with Crippen molar-refractivity contribution in [2.75, 3.05) is 116 Å². The number of nitrogens with zero attached hydrogens (tertiary/aromatic N) is 8. The molecule has 3 fully saturated rings. The number of pyridine rings is 2. The first-order chi connectivity index (χ1) is 41.0. The summed E-state index contributed by atoms with van der Waals surface area (Å²) in [6.07, 6.45) is 12.0. The maximum Gasteiger partial charge on any atom is 0.241 e. The molecule has 0 radical (unpaired) electrons. The fraction of sp³-hybridized carbons (Fsp3) is 0.507. The van der Waals surface area contributed by atoms with Crippen molar-refractivity contribution >= 4 is 17.3 Å². The van der Waals surface area contributed by atoms with Gasteiger partial charge < -0.3 is 40.9 Å². The molecule has 86 heavy (non-hydrogen) atoms. The number of halogens is 2. The Morgan fingerprint density at radius 2 is 1.31 bits per heavy atom. The zero-order valence-electron chi connectivity index (χ0n) is 54.2. The zero-order chi connectivity index (χ0) is 62.6. The molecular weight excluding hydrogens is 1070 g/mol. The van der Waals surface area contributed by atoms with E-state index in [4.69, 9.17) is 4.98 Å². The minimum absolute atomic E-state index is 0.110. The third-order valence-corrected chi connectivity index (χ3v) is 16.8. The van der Waals surface area contributed by atoms with Crippen LogP contribution < -0.4 is 31.1 Å². The average Bonchev–Trinajstić information content (AvgIpc) is 2.19. The normalized spacial score (nSPS) is 20.7. The quantitative estimate of drug-likeness (QED) is 0.0707. The molecule has 4 N–H and O–H groups in total. The van der Waals surface area contributed by atoms with Gasteiger partial charge in [-0.05, 0) is 144 Å². The van der Waals surface area contributed by atoms with E-state index in [0.29, 0.717) is 49.7 Å². The van der Waals surface area contributed by atoms with Gasteiger partial charge in [0.05, 0.1) is 29.3 Å².